The largest absolute Gasteiger partial charge is 0.462 e. The maximum absolute atomic E-state index is 12.9. The van der Waals surface area contributed by atoms with Gasteiger partial charge in [-0.05, 0) is 67.1 Å². The first-order valence-corrected chi connectivity index (χ1v) is 12.5. The maximum atomic E-state index is 12.9. The van der Waals surface area contributed by atoms with E-state index >= 15 is 0 Å². The van der Waals surface area contributed by atoms with Crippen LogP contribution < -0.4 is 15.5 Å². The Hall–Kier alpha value is -4.14. The molecule has 0 spiro atoms. The zero-order valence-electron chi connectivity index (χ0n) is 20.3. The van der Waals surface area contributed by atoms with Crippen LogP contribution in [0.1, 0.15) is 40.5 Å². The van der Waals surface area contributed by atoms with E-state index in [-0.39, 0.29) is 10.7 Å². The molecule has 0 fully saturated rings. The average molecular weight is 552 g/mol. The summed E-state index contributed by atoms with van der Waals surface area (Å²) in [6.45, 7) is 2.34. The van der Waals surface area contributed by atoms with Gasteiger partial charge in [-0.3, -0.25) is 14.4 Å². The minimum absolute atomic E-state index is 0.0866. The molecule has 3 aromatic rings. The second kappa shape index (κ2) is 11.9. The van der Waals surface area contributed by atoms with Crippen molar-refractivity contribution in [2.75, 3.05) is 22.1 Å². The number of rotatable bonds is 9. The summed E-state index contributed by atoms with van der Waals surface area (Å²) in [6, 6.07) is 19.0. The summed E-state index contributed by atoms with van der Waals surface area (Å²) < 4.78 is 5.21. The standard InChI is InChI=1S/C28H23Cl2N3O5/c1-2-3-14-38-28(37)18-6-4-8-21(15-18)32-25(34)17-10-12-20(13-11-17)31-24-23(30)26(35)33(27(24)36)22-9-5-7-19(29)16-22/h4-13,15-16,31H,2-3,14H2,1H3,(H,32,34). The molecule has 0 atom stereocenters. The van der Waals surface area contributed by atoms with Gasteiger partial charge in [-0.15, -0.1) is 0 Å². The normalized spacial score (nSPS) is 13.1. The summed E-state index contributed by atoms with van der Waals surface area (Å²) in [4.78, 5) is 51.4. The molecule has 8 nitrogen and oxygen atoms in total. The summed E-state index contributed by atoms with van der Waals surface area (Å²) in [7, 11) is 0. The number of imide groups is 1. The Bertz CT molecular complexity index is 1440. The van der Waals surface area contributed by atoms with Gasteiger partial charge in [0.25, 0.3) is 17.7 Å². The lowest BCUT2D eigenvalue weighted by Crippen LogP contribution is -2.32. The molecule has 10 heteroatoms. The summed E-state index contributed by atoms with van der Waals surface area (Å²) in [5.41, 5.74) is 1.77. The van der Waals surface area contributed by atoms with Crippen LogP contribution in [-0.2, 0) is 14.3 Å². The number of ether oxygens (including phenoxy) is 1. The number of unbranched alkanes of at least 4 members (excludes halogenated alkanes) is 1. The molecule has 4 rings (SSSR count). The SMILES string of the molecule is CCCCOC(=O)c1cccc(NC(=O)c2ccc(NC3=C(Cl)C(=O)N(c4cccc(Cl)c4)C3=O)cc2)c1. The zero-order chi connectivity index (χ0) is 27.2. The van der Waals surface area contributed by atoms with Crippen molar-refractivity contribution in [3.63, 3.8) is 0 Å². The van der Waals surface area contributed by atoms with Gasteiger partial charge in [-0.25, -0.2) is 9.69 Å². The highest BCUT2D eigenvalue weighted by molar-refractivity contribution is 6.53. The minimum Gasteiger partial charge on any atom is -0.462 e. The van der Waals surface area contributed by atoms with Gasteiger partial charge in [0.15, 0.2) is 0 Å². The lowest BCUT2D eigenvalue weighted by Gasteiger charge is -2.15. The van der Waals surface area contributed by atoms with Crippen molar-refractivity contribution in [3.8, 4) is 0 Å². The van der Waals surface area contributed by atoms with E-state index in [0.29, 0.717) is 39.8 Å². The quantitative estimate of drug-likeness (QED) is 0.192. The minimum atomic E-state index is -0.672. The molecule has 1 aliphatic rings. The number of carbonyl (C=O) groups excluding carboxylic acids is 4. The second-order valence-electron chi connectivity index (χ2n) is 8.34. The third kappa shape index (κ3) is 6.04. The molecule has 0 bridgehead atoms. The number of nitrogens with one attached hydrogen (secondary N) is 2. The number of esters is 1. The Kier molecular flexibility index (Phi) is 8.45. The van der Waals surface area contributed by atoms with Crippen molar-refractivity contribution in [2.24, 2.45) is 0 Å². The van der Waals surface area contributed by atoms with Crippen LogP contribution >= 0.6 is 23.2 Å². The van der Waals surface area contributed by atoms with Crippen LogP contribution in [-0.4, -0.2) is 30.3 Å². The number of anilines is 3. The van der Waals surface area contributed by atoms with Crippen LogP contribution in [0.15, 0.2) is 83.5 Å². The predicted octanol–water partition coefficient (Wildman–Crippen LogP) is 5.98. The lowest BCUT2D eigenvalue weighted by molar-refractivity contribution is -0.120. The van der Waals surface area contributed by atoms with Crippen LogP contribution in [0.2, 0.25) is 5.02 Å². The second-order valence-corrected chi connectivity index (χ2v) is 9.16. The van der Waals surface area contributed by atoms with Gasteiger partial charge in [-0.2, -0.15) is 0 Å². The topological polar surface area (TPSA) is 105 Å². The van der Waals surface area contributed by atoms with Crippen LogP contribution in [0.4, 0.5) is 17.1 Å². The Morgan fingerprint density at radius 3 is 2.32 bits per heavy atom. The molecule has 1 aliphatic heterocycles. The lowest BCUT2D eigenvalue weighted by atomic mass is 10.1. The molecule has 0 aliphatic carbocycles. The van der Waals surface area contributed by atoms with E-state index in [1.54, 1.807) is 66.7 Å². The Morgan fingerprint density at radius 2 is 1.61 bits per heavy atom. The number of halogens is 2. The molecule has 194 valence electrons. The first-order valence-electron chi connectivity index (χ1n) is 11.8. The van der Waals surface area contributed by atoms with Crippen molar-refractivity contribution in [2.45, 2.75) is 19.8 Å². The number of nitrogens with zero attached hydrogens (tertiary/aromatic N) is 1. The molecule has 3 aromatic carbocycles. The van der Waals surface area contributed by atoms with Crippen molar-refractivity contribution in [1.82, 2.24) is 0 Å². The molecule has 0 radical (unpaired) electrons. The summed E-state index contributed by atoms with van der Waals surface area (Å²) in [5.74, 6) is -2.15. The predicted molar refractivity (Wildman–Crippen MR) is 146 cm³/mol. The van der Waals surface area contributed by atoms with Gasteiger partial charge < -0.3 is 15.4 Å². The van der Waals surface area contributed by atoms with E-state index < -0.39 is 23.7 Å². The number of benzene rings is 3. The molecule has 0 aromatic heterocycles. The van der Waals surface area contributed by atoms with E-state index in [4.69, 9.17) is 27.9 Å². The fraction of sp³-hybridized carbons (Fsp3) is 0.143. The van der Waals surface area contributed by atoms with Crippen molar-refractivity contribution >= 4 is 64.0 Å². The summed E-state index contributed by atoms with van der Waals surface area (Å²) in [5, 5.41) is 5.72. The van der Waals surface area contributed by atoms with Gasteiger partial charge in [0, 0.05) is 22.0 Å². The Labute approximate surface area is 229 Å². The Balaban J connectivity index is 1.41. The third-order valence-corrected chi connectivity index (χ3v) is 6.18. The van der Waals surface area contributed by atoms with Crippen LogP contribution in [0.3, 0.4) is 0 Å². The van der Waals surface area contributed by atoms with Crippen molar-refractivity contribution in [1.29, 1.82) is 0 Å². The highest BCUT2D eigenvalue weighted by Gasteiger charge is 2.39. The van der Waals surface area contributed by atoms with Gasteiger partial charge in [0.05, 0.1) is 17.9 Å². The molecule has 2 N–H and O–H groups in total. The van der Waals surface area contributed by atoms with Crippen LogP contribution in [0, 0.1) is 0 Å². The first-order chi connectivity index (χ1) is 18.3. The summed E-state index contributed by atoms with van der Waals surface area (Å²) in [6.07, 6.45) is 1.69. The number of hydrogen-bond acceptors (Lipinski definition) is 6. The fourth-order valence-electron chi connectivity index (χ4n) is 3.63. The van der Waals surface area contributed by atoms with E-state index in [0.717, 1.165) is 17.7 Å². The fourth-order valence-corrected chi connectivity index (χ4v) is 4.03. The molecule has 0 saturated carbocycles. The molecule has 0 saturated heterocycles. The van der Waals surface area contributed by atoms with Gasteiger partial charge in [0.2, 0.25) is 0 Å². The molecule has 38 heavy (non-hydrogen) atoms. The van der Waals surface area contributed by atoms with Gasteiger partial charge in [-0.1, -0.05) is 48.7 Å². The molecule has 3 amide bonds. The maximum Gasteiger partial charge on any atom is 0.338 e. The van der Waals surface area contributed by atoms with E-state index in [1.807, 2.05) is 6.92 Å². The highest BCUT2D eigenvalue weighted by Crippen LogP contribution is 2.31. The van der Waals surface area contributed by atoms with Crippen molar-refractivity contribution in [3.05, 3.63) is 99.7 Å². The average Bonchev–Trinajstić information content (AvgIpc) is 3.12. The molecule has 1 heterocycles. The molecular weight excluding hydrogens is 529 g/mol. The van der Waals surface area contributed by atoms with Crippen LogP contribution in [0.5, 0.6) is 0 Å². The highest BCUT2D eigenvalue weighted by atomic mass is 35.5. The van der Waals surface area contributed by atoms with Gasteiger partial charge >= 0.3 is 5.97 Å². The monoisotopic (exact) mass is 551 g/mol. The summed E-state index contributed by atoms with van der Waals surface area (Å²) >= 11 is 12.2. The molecule has 0 unspecified atom stereocenters. The van der Waals surface area contributed by atoms with Crippen molar-refractivity contribution < 1.29 is 23.9 Å². The zero-order valence-corrected chi connectivity index (χ0v) is 21.8. The third-order valence-electron chi connectivity index (χ3n) is 5.60. The van der Waals surface area contributed by atoms with E-state index in [1.165, 1.54) is 6.07 Å². The number of amides is 3. The first kappa shape index (κ1) is 26.9. The van der Waals surface area contributed by atoms with Crippen LogP contribution in [0.25, 0.3) is 0 Å². The van der Waals surface area contributed by atoms with Gasteiger partial charge in [0.1, 0.15) is 10.7 Å². The number of carbonyl (C=O) groups is 4. The van der Waals surface area contributed by atoms with E-state index in [2.05, 4.69) is 10.6 Å². The number of hydrogen-bond donors (Lipinski definition) is 2. The Morgan fingerprint density at radius 1 is 0.868 bits per heavy atom. The smallest absolute Gasteiger partial charge is 0.338 e. The van der Waals surface area contributed by atoms with E-state index in [9.17, 15) is 19.2 Å². The molecular formula is C28H23Cl2N3O5.